The summed E-state index contributed by atoms with van der Waals surface area (Å²) in [6.07, 6.45) is 0. The molecule has 8 heteroatoms. The molecule has 0 heterocycles. The van der Waals surface area contributed by atoms with Gasteiger partial charge in [0.1, 0.15) is 13.2 Å². The van der Waals surface area contributed by atoms with Gasteiger partial charge in [-0.2, -0.15) is 13.7 Å². The van der Waals surface area contributed by atoms with Crippen LogP contribution < -0.4 is 0 Å². The highest BCUT2D eigenvalue weighted by atomic mass is 32.2. The maximum absolute atomic E-state index is 10.2. The Bertz CT molecular complexity index is 265. The van der Waals surface area contributed by atoms with Crippen molar-refractivity contribution in [2.24, 2.45) is 5.18 Å². The van der Waals surface area contributed by atoms with Crippen LogP contribution in [0, 0.1) is 16.2 Å². The summed E-state index contributed by atoms with van der Waals surface area (Å²) in [7, 11) is -4.47. The van der Waals surface area contributed by atoms with E-state index in [0.29, 0.717) is 0 Å². The molecule has 0 aromatic heterocycles. The molecule has 0 aliphatic heterocycles. The number of nitriles is 1. The van der Waals surface area contributed by atoms with Crippen molar-refractivity contribution in [2.75, 3.05) is 13.2 Å². The Morgan fingerprint density at radius 2 is 2.18 bits per heavy atom. The minimum atomic E-state index is -4.47. The van der Waals surface area contributed by atoms with Crippen molar-refractivity contribution in [2.45, 2.75) is 0 Å². The lowest BCUT2D eigenvalue weighted by atomic mass is 10.7. The lowest BCUT2D eigenvalue weighted by molar-refractivity contribution is 0.377. The quantitative estimate of drug-likeness (QED) is 0.349. The Labute approximate surface area is 63.1 Å². The third kappa shape index (κ3) is 3.61. The van der Waals surface area contributed by atoms with E-state index in [1.54, 1.807) is 0 Å². The molecule has 0 aromatic carbocycles. The molecule has 0 aromatic rings. The first-order chi connectivity index (χ1) is 5.02. The summed E-state index contributed by atoms with van der Waals surface area (Å²) < 4.78 is 29.0. The van der Waals surface area contributed by atoms with Crippen molar-refractivity contribution in [1.29, 1.82) is 5.26 Å². The van der Waals surface area contributed by atoms with Crippen LogP contribution in [0.4, 0.5) is 0 Å². The zero-order valence-electron chi connectivity index (χ0n) is 5.34. The molecule has 0 amide bonds. The minimum absolute atomic E-state index is 0.236. The van der Waals surface area contributed by atoms with Crippen molar-refractivity contribution in [3.05, 3.63) is 4.91 Å². The zero-order valence-corrected chi connectivity index (χ0v) is 6.15. The van der Waals surface area contributed by atoms with E-state index in [1.807, 2.05) is 0 Å². The first-order valence-corrected chi connectivity index (χ1v) is 3.80. The molecular weight excluding hydrogens is 174 g/mol. The fraction of sp³-hybridized carbons (Fsp3) is 0.667. The average molecular weight is 179 g/mol. The second kappa shape index (κ2) is 3.97. The van der Waals surface area contributed by atoms with Gasteiger partial charge in [0, 0.05) is 0 Å². The van der Waals surface area contributed by atoms with E-state index in [1.165, 1.54) is 6.07 Å². The molecule has 0 aliphatic rings. The summed E-state index contributed by atoms with van der Waals surface area (Å²) in [6, 6.07) is 1.45. The van der Waals surface area contributed by atoms with Crippen LogP contribution in [0.25, 0.3) is 0 Å². The van der Waals surface area contributed by atoms with E-state index in [4.69, 9.17) is 9.81 Å². The molecule has 0 saturated heterocycles. The summed E-state index contributed by atoms with van der Waals surface area (Å²) in [5.74, 6) is 0. The summed E-state index contributed by atoms with van der Waals surface area (Å²) in [5.41, 5.74) is 0. The van der Waals surface area contributed by atoms with Gasteiger partial charge in [0.2, 0.25) is 0 Å². The average Bonchev–Trinajstić information content (AvgIpc) is 1.85. The fourth-order valence-corrected chi connectivity index (χ4v) is 0.762. The summed E-state index contributed by atoms with van der Waals surface area (Å²) in [4.78, 5) is 9.56. The standard InChI is InChI=1S/C3H5N3O4S/c4-1-2-6(3-5-7)11(8,9)10/h2-3H2,(H,8,9,10). The maximum atomic E-state index is 10.2. The molecule has 0 bridgehead atoms. The van der Waals surface area contributed by atoms with Crippen molar-refractivity contribution >= 4 is 10.3 Å². The van der Waals surface area contributed by atoms with Gasteiger partial charge in [0.15, 0.2) is 0 Å². The normalized spacial score (nSPS) is 11.0. The van der Waals surface area contributed by atoms with Crippen LogP contribution >= 0.6 is 0 Å². The van der Waals surface area contributed by atoms with Gasteiger partial charge in [-0.3, -0.25) is 4.55 Å². The predicted octanol–water partition coefficient (Wildman–Crippen LogP) is -0.661. The third-order valence-corrected chi connectivity index (χ3v) is 1.69. The number of rotatable bonds is 4. The lowest BCUT2D eigenvalue weighted by Gasteiger charge is -2.08. The molecule has 62 valence electrons. The minimum Gasteiger partial charge on any atom is -0.273 e. The van der Waals surface area contributed by atoms with Gasteiger partial charge in [0.25, 0.3) is 0 Å². The number of hydrogen-bond donors (Lipinski definition) is 1. The maximum Gasteiger partial charge on any atom is 0.338 e. The van der Waals surface area contributed by atoms with Crippen LogP contribution in [-0.2, 0) is 10.3 Å². The second-order valence-electron chi connectivity index (χ2n) is 1.52. The van der Waals surface area contributed by atoms with Gasteiger partial charge < -0.3 is 0 Å². The molecule has 11 heavy (non-hydrogen) atoms. The molecule has 0 spiro atoms. The monoisotopic (exact) mass is 179 g/mol. The van der Waals surface area contributed by atoms with E-state index < -0.39 is 23.5 Å². The van der Waals surface area contributed by atoms with Crippen LogP contribution in [0.15, 0.2) is 5.18 Å². The molecule has 7 nitrogen and oxygen atoms in total. The summed E-state index contributed by atoms with van der Waals surface area (Å²) >= 11 is 0. The molecule has 0 fully saturated rings. The van der Waals surface area contributed by atoms with Crippen LogP contribution in [0.2, 0.25) is 0 Å². The molecule has 0 radical (unpaired) electrons. The van der Waals surface area contributed by atoms with E-state index in [9.17, 15) is 13.3 Å². The fourth-order valence-electron chi connectivity index (χ4n) is 0.348. The van der Waals surface area contributed by atoms with Crippen LogP contribution in [-0.4, -0.2) is 30.5 Å². The van der Waals surface area contributed by atoms with Crippen molar-refractivity contribution in [1.82, 2.24) is 4.31 Å². The highest BCUT2D eigenvalue weighted by Gasteiger charge is 2.17. The molecular formula is C3H5N3O4S. The highest BCUT2D eigenvalue weighted by molar-refractivity contribution is 7.83. The highest BCUT2D eigenvalue weighted by Crippen LogP contribution is 1.95. The van der Waals surface area contributed by atoms with E-state index >= 15 is 0 Å². The van der Waals surface area contributed by atoms with Crippen molar-refractivity contribution in [3.63, 3.8) is 0 Å². The topological polar surface area (TPSA) is 111 Å². The summed E-state index contributed by atoms with van der Waals surface area (Å²) in [6.45, 7) is -1.35. The third-order valence-electron chi connectivity index (χ3n) is 0.789. The van der Waals surface area contributed by atoms with Crippen LogP contribution in [0.5, 0.6) is 0 Å². The first-order valence-electron chi connectivity index (χ1n) is 2.41. The van der Waals surface area contributed by atoms with Crippen LogP contribution in [0.1, 0.15) is 0 Å². The lowest BCUT2D eigenvalue weighted by Crippen LogP contribution is -2.30. The van der Waals surface area contributed by atoms with Crippen molar-refractivity contribution in [3.8, 4) is 6.07 Å². The molecule has 1 N–H and O–H groups in total. The van der Waals surface area contributed by atoms with E-state index in [2.05, 4.69) is 5.18 Å². The SMILES string of the molecule is N#CCN(CN=O)S(=O)(=O)O. The van der Waals surface area contributed by atoms with Gasteiger partial charge >= 0.3 is 10.3 Å². The van der Waals surface area contributed by atoms with Crippen LogP contribution in [0.3, 0.4) is 0 Å². The molecule has 0 aliphatic carbocycles. The van der Waals surface area contributed by atoms with E-state index in [-0.39, 0.29) is 4.31 Å². The number of hydrogen-bond acceptors (Lipinski definition) is 5. The van der Waals surface area contributed by atoms with E-state index in [0.717, 1.165) is 0 Å². The molecule has 0 saturated carbocycles. The molecule has 0 atom stereocenters. The zero-order chi connectivity index (χ0) is 8.91. The summed E-state index contributed by atoms with van der Waals surface area (Å²) in [5, 5.41) is 10.2. The Balaban J connectivity index is 4.37. The molecule has 0 unspecified atom stereocenters. The Morgan fingerprint density at radius 3 is 2.45 bits per heavy atom. The first kappa shape index (κ1) is 9.96. The van der Waals surface area contributed by atoms with Gasteiger partial charge in [-0.15, -0.1) is 9.21 Å². The number of nitroso groups, excluding NO2 is 1. The molecule has 0 rings (SSSR count). The predicted molar refractivity (Wildman–Crippen MR) is 34.5 cm³/mol. The second-order valence-corrected chi connectivity index (χ2v) is 2.93. The Kier molecular flexibility index (Phi) is 3.59. The Hall–Kier alpha value is -1.04. The van der Waals surface area contributed by atoms with Crippen molar-refractivity contribution < 1.29 is 13.0 Å². The largest absolute Gasteiger partial charge is 0.338 e. The van der Waals surface area contributed by atoms with Gasteiger partial charge in [-0.1, -0.05) is 5.18 Å². The Morgan fingerprint density at radius 1 is 1.64 bits per heavy atom. The smallest absolute Gasteiger partial charge is 0.273 e. The van der Waals surface area contributed by atoms with Gasteiger partial charge in [-0.25, -0.2) is 0 Å². The van der Waals surface area contributed by atoms with Gasteiger partial charge in [-0.05, 0) is 0 Å². The van der Waals surface area contributed by atoms with Gasteiger partial charge in [0.05, 0.1) is 6.07 Å². The number of nitrogens with zero attached hydrogens (tertiary/aromatic N) is 3.